The summed E-state index contributed by atoms with van der Waals surface area (Å²) in [7, 11) is -2.07. The number of ether oxygens (including phenoxy) is 1. The van der Waals surface area contributed by atoms with E-state index in [2.05, 4.69) is 20.3 Å². The lowest BCUT2D eigenvalue weighted by atomic mass is 9.81. The maximum Gasteiger partial charge on any atom is 0.275 e. The van der Waals surface area contributed by atoms with Gasteiger partial charge >= 0.3 is 0 Å². The lowest BCUT2D eigenvalue weighted by Gasteiger charge is -2.39. The van der Waals surface area contributed by atoms with Crippen LogP contribution >= 0.6 is 0 Å². The Kier molecular flexibility index (Phi) is 5.74. The minimum atomic E-state index is -3.51. The van der Waals surface area contributed by atoms with Crippen LogP contribution in [0.15, 0.2) is 35.6 Å². The molecule has 3 N–H and O–H groups in total. The van der Waals surface area contributed by atoms with Gasteiger partial charge in [0.2, 0.25) is 5.88 Å². The molecule has 0 aliphatic carbocycles. The molecule has 0 bridgehead atoms. The van der Waals surface area contributed by atoms with E-state index in [-0.39, 0.29) is 35.8 Å². The molecule has 3 rings (SSSR count). The van der Waals surface area contributed by atoms with Crippen molar-refractivity contribution in [3.05, 3.63) is 47.7 Å². The number of anilines is 1. The molecule has 1 aliphatic rings. The highest BCUT2D eigenvalue weighted by Gasteiger charge is 2.47. The molecule has 11 heteroatoms. The first-order valence-electron chi connectivity index (χ1n) is 9.42. The van der Waals surface area contributed by atoms with Crippen molar-refractivity contribution >= 4 is 27.3 Å². The van der Waals surface area contributed by atoms with Crippen molar-refractivity contribution in [2.24, 2.45) is 10.7 Å². The standard InChI is InChI=1S/C20H24FN5O4S/c1-19(7-8-20(2,18(22)26-19)31(4,28)29)13-9-12(5-6-14(13)21)25-17(27)15-10-24-16(30-3)11-23-15/h5-6,9-11H,7-8H2,1-4H3,(H2,22,26)(H,25,27)/t19-,20-/m0/s1. The number of aliphatic imine (C=N–C) groups is 1. The molecule has 2 aromatic rings. The van der Waals surface area contributed by atoms with Crippen molar-refractivity contribution in [3.63, 3.8) is 0 Å². The highest BCUT2D eigenvalue weighted by molar-refractivity contribution is 7.92. The zero-order valence-corrected chi connectivity index (χ0v) is 18.5. The van der Waals surface area contributed by atoms with Crippen LogP contribution in [0.2, 0.25) is 0 Å². The summed E-state index contributed by atoms with van der Waals surface area (Å²) in [6.07, 6.45) is 4.13. The largest absolute Gasteiger partial charge is 0.480 e. The van der Waals surface area contributed by atoms with E-state index in [9.17, 15) is 17.6 Å². The van der Waals surface area contributed by atoms with Crippen molar-refractivity contribution < 1.29 is 22.3 Å². The summed E-state index contributed by atoms with van der Waals surface area (Å²) in [4.78, 5) is 24.7. The summed E-state index contributed by atoms with van der Waals surface area (Å²) in [6.45, 7) is 3.20. The summed E-state index contributed by atoms with van der Waals surface area (Å²) in [5.74, 6) is -0.869. The van der Waals surface area contributed by atoms with E-state index in [0.717, 1.165) is 6.26 Å². The van der Waals surface area contributed by atoms with Crippen molar-refractivity contribution in [2.75, 3.05) is 18.7 Å². The fraction of sp³-hybridized carbons (Fsp3) is 0.400. The van der Waals surface area contributed by atoms with Gasteiger partial charge in [0.05, 0.1) is 25.0 Å². The first kappa shape index (κ1) is 22.6. The van der Waals surface area contributed by atoms with Crippen LogP contribution in [0.25, 0.3) is 0 Å². The number of amides is 1. The average Bonchev–Trinajstić information content (AvgIpc) is 2.71. The van der Waals surface area contributed by atoms with Gasteiger partial charge in [0.15, 0.2) is 9.84 Å². The van der Waals surface area contributed by atoms with Gasteiger partial charge in [-0.2, -0.15) is 0 Å². The third kappa shape index (κ3) is 4.22. The van der Waals surface area contributed by atoms with E-state index in [0.29, 0.717) is 5.69 Å². The maximum atomic E-state index is 14.7. The minimum Gasteiger partial charge on any atom is -0.480 e. The fourth-order valence-corrected chi connectivity index (χ4v) is 4.27. The number of hydrogen-bond donors (Lipinski definition) is 2. The lowest BCUT2D eigenvalue weighted by molar-refractivity contribution is 0.102. The van der Waals surface area contributed by atoms with Crippen LogP contribution < -0.4 is 15.8 Å². The van der Waals surface area contributed by atoms with Crippen LogP contribution in [0.5, 0.6) is 5.88 Å². The van der Waals surface area contributed by atoms with Crippen LogP contribution in [-0.2, 0) is 15.4 Å². The molecule has 1 aromatic carbocycles. The Balaban J connectivity index is 1.91. The van der Waals surface area contributed by atoms with Gasteiger partial charge in [-0.25, -0.2) is 22.8 Å². The predicted octanol–water partition coefficient (Wildman–Crippen LogP) is 2.05. The molecule has 0 spiro atoms. The van der Waals surface area contributed by atoms with Gasteiger partial charge in [-0.3, -0.25) is 9.79 Å². The number of sulfone groups is 1. The molecule has 0 unspecified atom stereocenters. The normalized spacial score (nSPS) is 23.7. The summed E-state index contributed by atoms with van der Waals surface area (Å²) in [6, 6.07) is 4.09. The topological polar surface area (TPSA) is 137 Å². The van der Waals surface area contributed by atoms with Crippen LogP contribution in [-0.4, -0.2) is 48.2 Å². The van der Waals surface area contributed by atoms with Gasteiger partial charge in [-0.05, 0) is 44.9 Å². The third-order valence-corrected chi connectivity index (χ3v) is 7.74. The lowest BCUT2D eigenvalue weighted by Crippen LogP contribution is -2.52. The number of aromatic nitrogens is 2. The Bertz CT molecular complexity index is 1150. The molecule has 9 nitrogen and oxygen atoms in total. The van der Waals surface area contributed by atoms with Crippen molar-refractivity contribution in [3.8, 4) is 5.88 Å². The first-order chi connectivity index (χ1) is 14.4. The number of methoxy groups -OCH3 is 1. The second kappa shape index (κ2) is 7.88. The third-order valence-electron chi connectivity index (χ3n) is 5.69. The highest BCUT2D eigenvalue weighted by Crippen LogP contribution is 2.41. The second-order valence-electron chi connectivity index (χ2n) is 7.87. The van der Waals surface area contributed by atoms with Crippen LogP contribution in [0.4, 0.5) is 10.1 Å². The Morgan fingerprint density at radius 3 is 2.48 bits per heavy atom. The monoisotopic (exact) mass is 449 g/mol. The maximum absolute atomic E-state index is 14.7. The van der Waals surface area contributed by atoms with Crippen molar-refractivity contribution in [2.45, 2.75) is 37.0 Å². The number of nitrogens with zero attached hydrogens (tertiary/aromatic N) is 3. The highest BCUT2D eigenvalue weighted by atomic mass is 32.2. The number of halogens is 1. The molecule has 1 amide bonds. The van der Waals surface area contributed by atoms with Gasteiger partial charge in [-0.1, -0.05) is 0 Å². The first-order valence-corrected chi connectivity index (χ1v) is 11.3. The number of nitrogens with two attached hydrogens (primary N) is 1. The molecule has 1 aliphatic heterocycles. The van der Waals surface area contributed by atoms with E-state index in [1.54, 1.807) is 6.92 Å². The Morgan fingerprint density at radius 2 is 1.94 bits per heavy atom. The number of amidine groups is 1. The number of nitrogens with one attached hydrogen (secondary N) is 1. The summed E-state index contributed by atoms with van der Waals surface area (Å²) >= 11 is 0. The molecular weight excluding hydrogens is 425 g/mol. The molecule has 2 atom stereocenters. The molecule has 2 heterocycles. The predicted molar refractivity (Wildman–Crippen MR) is 114 cm³/mol. The number of carbonyl (C=O) groups excluding carboxylic acids is 1. The Hall–Kier alpha value is -3.08. The van der Waals surface area contributed by atoms with E-state index >= 15 is 0 Å². The summed E-state index contributed by atoms with van der Waals surface area (Å²) < 4.78 is 42.7. The van der Waals surface area contributed by atoms with Gasteiger partial charge in [0, 0.05) is 17.5 Å². The van der Waals surface area contributed by atoms with E-state index in [1.807, 2.05) is 0 Å². The number of hydrogen-bond acceptors (Lipinski definition) is 8. The molecule has 0 saturated heterocycles. The second-order valence-corrected chi connectivity index (χ2v) is 10.3. The van der Waals surface area contributed by atoms with Gasteiger partial charge in [-0.15, -0.1) is 0 Å². The molecule has 166 valence electrons. The van der Waals surface area contributed by atoms with Crippen LogP contribution in [0, 0.1) is 5.82 Å². The van der Waals surface area contributed by atoms with Crippen LogP contribution in [0.3, 0.4) is 0 Å². The minimum absolute atomic E-state index is 0.0572. The number of benzene rings is 1. The Labute approximate surface area is 179 Å². The fourth-order valence-electron chi connectivity index (χ4n) is 3.37. The Morgan fingerprint density at radius 1 is 1.23 bits per heavy atom. The smallest absolute Gasteiger partial charge is 0.275 e. The van der Waals surface area contributed by atoms with E-state index < -0.39 is 31.8 Å². The zero-order chi connectivity index (χ0) is 23.0. The SMILES string of the molecule is COc1cnc(C(=O)Nc2ccc(F)c([C@]3(C)CC[C@](C)(S(C)(=O)=O)C(N)=N3)c2)cn1. The van der Waals surface area contributed by atoms with E-state index in [4.69, 9.17) is 10.5 Å². The van der Waals surface area contributed by atoms with Crippen molar-refractivity contribution in [1.82, 2.24) is 9.97 Å². The molecule has 1 aromatic heterocycles. The summed E-state index contributed by atoms with van der Waals surface area (Å²) in [5.41, 5.74) is 5.53. The van der Waals surface area contributed by atoms with Crippen molar-refractivity contribution in [1.29, 1.82) is 0 Å². The summed E-state index contributed by atoms with van der Waals surface area (Å²) in [5, 5.41) is 2.65. The molecular formula is C20H24FN5O4S. The molecule has 0 saturated carbocycles. The number of carbonyl (C=O) groups is 1. The molecule has 0 fully saturated rings. The van der Waals surface area contributed by atoms with Gasteiger partial charge in [0.1, 0.15) is 22.1 Å². The van der Waals surface area contributed by atoms with Crippen LogP contribution in [0.1, 0.15) is 42.7 Å². The molecule has 0 radical (unpaired) electrons. The average molecular weight is 450 g/mol. The zero-order valence-electron chi connectivity index (χ0n) is 17.6. The molecule has 31 heavy (non-hydrogen) atoms. The van der Waals surface area contributed by atoms with E-state index in [1.165, 1.54) is 44.6 Å². The van der Waals surface area contributed by atoms with Gasteiger partial charge in [0.25, 0.3) is 5.91 Å². The van der Waals surface area contributed by atoms with Gasteiger partial charge < -0.3 is 15.8 Å². The number of rotatable bonds is 5. The quantitative estimate of drug-likeness (QED) is 0.713.